The van der Waals surface area contributed by atoms with E-state index < -0.39 is 0 Å². The Hall–Kier alpha value is -0.580. The third-order valence-electron chi connectivity index (χ3n) is 3.18. The Morgan fingerprint density at radius 1 is 1.53 bits per heavy atom. The summed E-state index contributed by atoms with van der Waals surface area (Å²) < 4.78 is 1.17. The Balaban J connectivity index is 2.00. The Morgan fingerprint density at radius 2 is 2.35 bits per heavy atom. The zero-order valence-corrected chi connectivity index (χ0v) is 11.7. The molecule has 1 heterocycles. The fraction of sp³-hybridized carbons (Fsp3) is 0.538. The Labute approximate surface area is 111 Å². The molecule has 1 aliphatic heterocycles. The van der Waals surface area contributed by atoms with E-state index in [0.29, 0.717) is 12.6 Å². The van der Waals surface area contributed by atoms with Crippen LogP contribution in [0.5, 0.6) is 0 Å². The maximum Gasteiger partial charge on any atom is 0.0556 e. The molecule has 1 fully saturated rings. The molecule has 1 aromatic rings. The van der Waals surface area contributed by atoms with Crippen molar-refractivity contribution in [2.45, 2.75) is 19.4 Å². The van der Waals surface area contributed by atoms with E-state index in [4.69, 9.17) is 5.11 Å². The van der Waals surface area contributed by atoms with E-state index in [0.717, 1.165) is 19.5 Å². The number of nitrogens with one attached hydrogen (secondary N) is 1. The van der Waals surface area contributed by atoms with Crippen LogP contribution in [0, 0.1) is 6.92 Å². The van der Waals surface area contributed by atoms with Crippen molar-refractivity contribution in [2.24, 2.45) is 0 Å². The molecule has 1 unspecified atom stereocenters. The van der Waals surface area contributed by atoms with E-state index in [2.05, 4.69) is 51.3 Å². The summed E-state index contributed by atoms with van der Waals surface area (Å²) >= 11 is 3.63. The summed E-state index contributed by atoms with van der Waals surface area (Å²) in [6.45, 7) is 5.09. The van der Waals surface area contributed by atoms with Gasteiger partial charge >= 0.3 is 0 Å². The summed E-state index contributed by atoms with van der Waals surface area (Å²) in [5, 5.41) is 12.2. The second kappa shape index (κ2) is 5.85. The lowest BCUT2D eigenvalue weighted by Gasteiger charge is -2.20. The highest BCUT2D eigenvalue weighted by atomic mass is 79.9. The summed E-state index contributed by atoms with van der Waals surface area (Å²) in [5.74, 6) is 0. The van der Waals surface area contributed by atoms with Gasteiger partial charge in [0, 0.05) is 30.1 Å². The Morgan fingerprint density at radius 3 is 3.06 bits per heavy atom. The van der Waals surface area contributed by atoms with Gasteiger partial charge in [0.15, 0.2) is 0 Å². The number of hydrogen-bond acceptors (Lipinski definition) is 3. The first-order valence-corrected chi connectivity index (χ1v) is 6.85. The van der Waals surface area contributed by atoms with E-state index in [-0.39, 0.29) is 6.61 Å². The molecule has 3 nitrogen and oxygen atoms in total. The maximum absolute atomic E-state index is 8.80. The van der Waals surface area contributed by atoms with Crippen LogP contribution in [-0.2, 0) is 0 Å². The van der Waals surface area contributed by atoms with Gasteiger partial charge in [0.2, 0.25) is 0 Å². The van der Waals surface area contributed by atoms with Crippen LogP contribution in [0.1, 0.15) is 12.0 Å². The highest BCUT2D eigenvalue weighted by Gasteiger charge is 2.23. The summed E-state index contributed by atoms with van der Waals surface area (Å²) in [6.07, 6.45) is 1.14. The standard InChI is InChI=1S/C13H19BrN2O/c1-10-2-3-13(12(14)8-10)16-6-4-11(9-16)15-5-7-17/h2-3,8,11,15,17H,4-7,9H2,1H3. The third kappa shape index (κ3) is 3.21. The molecule has 17 heavy (non-hydrogen) atoms. The average molecular weight is 299 g/mol. The zero-order valence-electron chi connectivity index (χ0n) is 10.1. The molecule has 0 amide bonds. The van der Waals surface area contributed by atoms with Crippen LogP contribution in [0.15, 0.2) is 22.7 Å². The minimum atomic E-state index is 0.213. The topological polar surface area (TPSA) is 35.5 Å². The predicted octanol–water partition coefficient (Wildman–Crippen LogP) is 1.92. The van der Waals surface area contributed by atoms with Crippen molar-refractivity contribution >= 4 is 21.6 Å². The highest BCUT2D eigenvalue weighted by molar-refractivity contribution is 9.10. The van der Waals surface area contributed by atoms with Gasteiger partial charge in [-0.25, -0.2) is 0 Å². The van der Waals surface area contributed by atoms with E-state index in [9.17, 15) is 0 Å². The molecule has 2 N–H and O–H groups in total. The summed E-state index contributed by atoms with van der Waals surface area (Å²) in [5.41, 5.74) is 2.54. The molecule has 0 spiro atoms. The van der Waals surface area contributed by atoms with Crippen LogP contribution < -0.4 is 10.2 Å². The van der Waals surface area contributed by atoms with Crippen molar-refractivity contribution in [3.8, 4) is 0 Å². The molecule has 1 aliphatic rings. The number of anilines is 1. The Kier molecular flexibility index (Phi) is 4.42. The van der Waals surface area contributed by atoms with Crippen LogP contribution in [0.25, 0.3) is 0 Å². The lowest BCUT2D eigenvalue weighted by molar-refractivity contribution is 0.286. The van der Waals surface area contributed by atoms with Gasteiger partial charge in [-0.2, -0.15) is 0 Å². The normalized spacial score (nSPS) is 19.9. The molecule has 1 aromatic carbocycles. The smallest absolute Gasteiger partial charge is 0.0556 e. The highest BCUT2D eigenvalue weighted by Crippen LogP contribution is 2.29. The molecule has 0 aliphatic carbocycles. The van der Waals surface area contributed by atoms with E-state index in [1.54, 1.807) is 0 Å². The van der Waals surface area contributed by atoms with Crippen LogP contribution in [0.4, 0.5) is 5.69 Å². The minimum absolute atomic E-state index is 0.213. The van der Waals surface area contributed by atoms with Crippen LogP contribution in [-0.4, -0.2) is 37.4 Å². The number of halogens is 1. The number of hydrogen-bond donors (Lipinski definition) is 2. The number of aryl methyl sites for hydroxylation is 1. The molecule has 2 rings (SSSR count). The number of benzene rings is 1. The maximum atomic E-state index is 8.80. The van der Waals surface area contributed by atoms with Gasteiger partial charge in [-0.05, 0) is 47.0 Å². The van der Waals surface area contributed by atoms with Gasteiger partial charge in [0.25, 0.3) is 0 Å². The van der Waals surface area contributed by atoms with Gasteiger partial charge in [0.1, 0.15) is 0 Å². The molecular weight excluding hydrogens is 280 g/mol. The van der Waals surface area contributed by atoms with E-state index in [1.807, 2.05) is 0 Å². The van der Waals surface area contributed by atoms with Crippen molar-refractivity contribution in [3.05, 3.63) is 28.2 Å². The van der Waals surface area contributed by atoms with Gasteiger partial charge in [0.05, 0.1) is 12.3 Å². The van der Waals surface area contributed by atoms with Gasteiger partial charge in [-0.15, -0.1) is 0 Å². The summed E-state index contributed by atoms with van der Waals surface area (Å²) in [6, 6.07) is 6.97. The third-order valence-corrected chi connectivity index (χ3v) is 3.81. The molecule has 4 heteroatoms. The minimum Gasteiger partial charge on any atom is -0.395 e. The van der Waals surface area contributed by atoms with E-state index >= 15 is 0 Å². The molecule has 0 aromatic heterocycles. The van der Waals surface area contributed by atoms with Crippen molar-refractivity contribution in [3.63, 3.8) is 0 Å². The van der Waals surface area contributed by atoms with E-state index in [1.165, 1.54) is 15.7 Å². The van der Waals surface area contributed by atoms with Crippen LogP contribution in [0.3, 0.4) is 0 Å². The molecule has 0 bridgehead atoms. The lowest BCUT2D eigenvalue weighted by Crippen LogP contribution is -2.34. The average Bonchev–Trinajstić information content (AvgIpc) is 2.75. The van der Waals surface area contributed by atoms with Crippen LogP contribution in [0.2, 0.25) is 0 Å². The number of rotatable bonds is 4. The van der Waals surface area contributed by atoms with Crippen molar-refractivity contribution in [1.82, 2.24) is 5.32 Å². The summed E-state index contributed by atoms with van der Waals surface area (Å²) in [4.78, 5) is 2.39. The lowest BCUT2D eigenvalue weighted by atomic mass is 10.2. The second-order valence-electron chi connectivity index (χ2n) is 4.56. The fourth-order valence-electron chi connectivity index (χ4n) is 2.28. The van der Waals surface area contributed by atoms with Gasteiger partial charge in [-0.1, -0.05) is 6.07 Å². The van der Waals surface area contributed by atoms with Crippen molar-refractivity contribution in [2.75, 3.05) is 31.1 Å². The molecular formula is C13H19BrN2O. The van der Waals surface area contributed by atoms with Crippen LogP contribution >= 0.6 is 15.9 Å². The summed E-state index contributed by atoms with van der Waals surface area (Å²) in [7, 11) is 0. The predicted molar refractivity (Wildman–Crippen MR) is 74.6 cm³/mol. The Bertz CT molecular complexity index is 384. The zero-order chi connectivity index (χ0) is 12.3. The first-order chi connectivity index (χ1) is 8.20. The molecule has 0 radical (unpaired) electrons. The van der Waals surface area contributed by atoms with Gasteiger partial charge < -0.3 is 15.3 Å². The fourth-order valence-corrected chi connectivity index (χ4v) is 3.03. The first-order valence-electron chi connectivity index (χ1n) is 6.06. The number of nitrogens with zero attached hydrogens (tertiary/aromatic N) is 1. The number of aliphatic hydroxyl groups excluding tert-OH is 1. The molecule has 0 saturated carbocycles. The quantitative estimate of drug-likeness (QED) is 0.891. The number of aliphatic hydroxyl groups is 1. The largest absolute Gasteiger partial charge is 0.395 e. The van der Waals surface area contributed by atoms with Gasteiger partial charge in [-0.3, -0.25) is 0 Å². The first kappa shape index (κ1) is 12.9. The van der Waals surface area contributed by atoms with Crippen molar-refractivity contribution < 1.29 is 5.11 Å². The molecule has 1 atom stereocenters. The molecule has 94 valence electrons. The SMILES string of the molecule is Cc1ccc(N2CCC(NCCO)C2)c(Br)c1. The second-order valence-corrected chi connectivity index (χ2v) is 5.42. The molecule has 1 saturated heterocycles. The monoisotopic (exact) mass is 298 g/mol. The van der Waals surface area contributed by atoms with Crippen molar-refractivity contribution in [1.29, 1.82) is 0 Å².